The molecule has 0 fully saturated rings. The molecule has 0 aromatic carbocycles. The van der Waals surface area contributed by atoms with Crippen molar-refractivity contribution < 1.29 is 4.79 Å². The van der Waals surface area contributed by atoms with Crippen LogP contribution in [-0.2, 0) is 24.3 Å². The van der Waals surface area contributed by atoms with Gasteiger partial charge in [0.25, 0.3) is 0 Å². The Balaban J connectivity index is 2.27. The van der Waals surface area contributed by atoms with Crippen LogP contribution in [0, 0.1) is 0 Å². The molecule has 0 spiro atoms. The van der Waals surface area contributed by atoms with Crippen molar-refractivity contribution in [2.45, 2.75) is 45.2 Å². The summed E-state index contributed by atoms with van der Waals surface area (Å²) >= 11 is 0. The first-order chi connectivity index (χ1) is 7.33. The standard InChI is InChI=1S/C10H15N3O2/c14-8-4-7-13-10(15)12-6-3-1-2-5-9(12)11-13/h8H,1-7H2. The first-order valence-corrected chi connectivity index (χ1v) is 5.43. The van der Waals surface area contributed by atoms with Gasteiger partial charge in [-0.25, -0.2) is 9.48 Å². The van der Waals surface area contributed by atoms with Gasteiger partial charge in [-0.3, -0.25) is 4.57 Å². The van der Waals surface area contributed by atoms with E-state index >= 15 is 0 Å². The number of aldehydes is 1. The van der Waals surface area contributed by atoms with E-state index in [1.54, 1.807) is 4.57 Å². The highest BCUT2D eigenvalue weighted by Crippen LogP contribution is 2.10. The number of fused-ring (bicyclic) bond motifs is 1. The predicted octanol–water partition coefficient (Wildman–Crippen LogP) is 0.360. The van der Waals surface area contributed by atoms with Crippen LogP contribution in [0.5, 0.6) is 0 Å². The highest BCUT2D eigenvalue weighted by molar-refractivity contribution is 5.48. The van der Waals surface area contributed by atoms with E-state index in [4.69, 9.17) is 0 Å². The van der Waals surface area contributed by atoms with E-state index in [-0.39, 0.29) is 5.69 Å². The Kier molecular flexibility index (Phi) is 2.99. The Morgan fingerprint density at radius 2 is 2.20 bits per heavy atom. The fraction of sp³-hybridized carbons (Fsp3) is 0.700. The van der Waals surface area contributed by atoms with Gasteiger partial charge < -0.3 is 4.79 Å². The molecule has 1 aromatic rings. The molecule has 1 aliphatic heterocycles. The van der Waals surface area contributed by atoms with Crippen LogP contribution in [0.4, 0.5) is 0 Å². The number of carbonyl (C=O) groups excluding carboxylic acids is 1. The monoisotopic (exact) mass is 209 g/mol. The second-order valence-electron chi connectivity index (χ2n) is 3.84. The van der Waals surface area contributed by atoms with E-state index in [1.807, 2.05) is 0 Å². The SMILES string of the molecule is O=CCCn1nc2n(c1=O)CCCCC2. The maximum Gasteiger partial charge on any atom is 0.345 e. The van der Waals surface area contributed by atoms with E-state index in [0.717, 1.165) is 44.3 Å². The Morgan fingerprint density at radius 1 is 1.33 bits per heavy atom. The van der Waals surface area contributed by atoms with Crippen LogP contribution in [0.25, 0.3) is 0 Å². The largest absolute Gasteiger partial charge is 0.345 e. The first-order valence-electron chi connectivity index (χ1n) is 5.43. The molecule has 0 saturated heterocycles. The van der Waals surface area contributed by atoms with Gasteiger partial charge in [0.15, 0.2) is 0 Å². The molecule has 15 heavy (non-hydrogen) atoms. The van der Waals surface area contributed by atoms with Crippen LogP contribution in [-0.4, -0.2) is 20.6 Å². The lowest BCUT2D eigenvalue weighted by Crippen LogP contribution is -2.25. The number of hydrogen-bond donors (Lipinski definition) is 0. The molecule has 2 rings (SSSR count). The minimum absolute atomic E-state index is 0.0613. The molecular formula is C10H15N3O2. The van der Waals surface area contributed by atoms with Gasteiger partial charge in [0.1, 0.15) is 12.1 Å². The van der Waals surface area contributed by atoms with Gasteiger partial charge in [0, 0.05) is 19.4 Å². The quantitative estimate of drug-likeness (QED) is 0.675. The van der Waals surface area contributed by atoms with Crippen molar-refractivity contribution in [2.24, 2.45) is 0 Å². The number of hydrogen-bond acceptors (Lipinski definition) is 3. The van der Waals surface area contributed by atoms with Crippen LogP contribution >= 0.6 is 0 Å². The summed E-state index contributed by atoms with van der Waals surface area (Å²) in [5.74, 6) is 0.878. The molecule has 0 aliphatic carbocycles. The van der Waals surface area contributed by atoms with Crippen LogP contribution in [0.15, 0.2) is 4.79 Å². The lowest BCUT2D eigenvalue weighted by Gasteiger charge is -1.97. The third-order valence-corrected chi connectivity index (χ3v) is 2.74. The zero-order valence-electron chi connectivity index (χ0n) is 8.69. The summed E-state index contributed by atoms with van der Waals surface area (Å²) in [5.41, 5.74) is -0.0613. The molecule has 5 heteroatoms. The number of aryl methyl sites for hydroxylation is 2. The summed E-state index contributed by atoms with van der Waals surface area (Å²) in [6, 6.07) is 0. The van der Waals surface area contributed by atoms with Crippen molar-refractivity contribution in [3.63, 3.8) is 0 Å². The second kappa shape index (κ2) is 4.42. The zero-order valence-corrected chi connectivity index (χ0v) is 8.69. The maximum absolute atomic E-state index is 11.8. The topological polar surface area (TPSA) is 56.9 Å². The molecule has 0 saturated carbocycles. The molecule has 1 aliphatic rings. The number of nitrogens with zero attached hydrogens (tertiary/aromatic N) is 3. The minimum Gasteiger partial charge on any atom is -0.303 e. The highest BCUT2D eigenvalue weighted by Gasteiger charge is 2.14. The summed E-state index contributed by atoms with van der Waals surface area (Å²) in [5, 5.41) is 4.26. The molecule has 82 valence electrons. The van der Waals surface area contributed by atoms with Crippen molar-refractivity contribution in [2.75, 3.05) is 0 Å². The average molecular weight is 209 g/mol. The van der Waals surface area contributed by atoms with Gasteiger partial charge in [0.2, 0.25) is 0 Å². The second-order valence-corrected chi connectivity index (χ2v) is 3.84. The van der Waals surface area contributed by atoms with Gasteiger partial charge in [-0.05, 0) is 12.8 Å². The van der Waals surface area contributed by atoms with Crippen molar-refractivity contribution in [3.8, 4) is 0 Å². The fourth-order valence-electron chi connectivity index (χ4n) is 1.95. The van der Waals surface area contributed by atoms with Crippen molar-refractivity contribution in [3.05, 3.63) is 16.3 Å². The van der Waals surface area contributed by atoms with Crippen molar-refractivity contribution >= 4 is 6.29 Å². The zero-order chi connectivity index (χ0) is 10.7. The van der Waals surface area contributed by atoms with Gasteiger partial charge in [0.05, 0.1) is 6.54 Å². The van der Waals surface area contributed by atoms with Gasteiger partial charge in [-0.1, -0.05) is 6.42 Å². The summed E-state index contributed by atoms with van der Waals surface area (Å²) < 4.78 is 3.16. The molecule has 0 atom stereocenters. The Bertz CT molecular complexity index is 405. The predicted molar refractivity (Wildman–Crippen MR) is 54.7 cm³/mol. The first kappa shape index (κ1) is 10.1. The molecule has 0 unspecified atom stereocenters. The molecular weight excluding hydrogens is 194 g/mol. The third-order valence-electron chi connectivity index (χ3n) is 2.74. The van der Waals surface area contributed by atoms with Gasteiger partial charge in [-0.15, -0.1) is 0 Å². The third kappa shape index (κ3) is 2.00. The summed E-state index contributed by atoms with van der Waals surface area (Å²) in [4.78, 5) is 22.1. The smallest absolute Gasteiger partial charge is 0.303 e. The molecule has 1 aromatic heterocycles. The van der Waals surface area contributed by atoms with Crippen molar-refractivity contribution in [1.82, 2.24) is 14.3 Å². The van der Waals surface area contributed by atoms with E-state index in [1.165, 1.54) is 4.68 Å². The Hall–Kier alpha value is -1.39. The van der Waals surface area contributed by atoms with Crippen LogP contribution < -0.4 is 5.69 Å². The molecule has 5 nitrogen and oxygen atoms in total. The van der Waals surface area contributed by atoms with Gasteiger partial charge in [-0.2, -0.15) is 5.10 Å². The average Bonchev–Trinajstić information content (AvgIpc) is 2.44. The summed E-state index contributed by atoms with van der Waals surface area (Å²) in [6.45, 7) is 1.18. The van der Waals surface area contributed by atoms with E-state index in [9.17, 15) is 9.59 Å². The van der Waals surface area contributed by atoms with Crippen LogP contribution in [0.3, 0.4) is 0 Å². The molecule has 0 bridgehead atoms. The lowest BCUT2D eigenvalue weighted by molar-refractivity contribution is -0.108. The lowest BCUT2D eigenvalue weighted by atomic mass is 10.2. The fourth-order valence-corrected chi connectivity index (χ4v) is 1.95. The molecule has 0 N–H and O–H groups in total. The molecule has 0 radical (unpaired) electrons. The van der Waals surface area contributed by atoms with Crippen molar-refractivity contribution in [1.29, 1.82) is 0 Å². The maximum atomic E-state index is 11.8. The van der Waals surface area contributed by atoms with Crippen LogP contribution in [0.1, 0.15) is 31.5 Å². The number of carbonyl (C=O) groups is 1. The molecule has 2 heterocycles. The summed E-state index contributed by atoms with van der Waals surface area (Å²) in [7, 11) is 0. The highest BCUT2D eigenvalue weighted by atomic mass is 16.2. The Labute approximate surface area is 87.7 Å². The van der Waals surface area contributed by atoms with E-state index in [2.05, 4.69) is 5.10 Å². The number of aromatic nitrogens is 3. The summed E-state index contributed by atoms with van der Waals surface area (Å²) in [6.07, 6.45) is 5.37. The van der Waals surface area contributed by atoms with E-state index < -0.39 is 0 Å². The van der Waals surface area contributed by atoms with E-state index in [0.29, 0.717) is 13.0 Å². The number of rotatable bonds is 3. The molecule has 0 amide bonds. The normalized spacial score (nSPS) is 15.7. The Morgan fingerprint density at radius 3 is 3.00 bits per heavy atom. The van der Waals surface area contributed by atoms with Gasteiger partial charge >= 0.3 is 5.69 Å². The minimum atomic E-state index is -0.0613. The van der Waals surface area contributed by atoms with Crippen LogP contribution in [0.2, 0.25) is 0 Å².